The Morgan fingerprint density at radius 3 is 2.55 bits per heavy atom. The van der Waals surface area contributed by atoms with E-state index < -0.39 is 5.60 Å². The molecular formula is C23H29BrClN3O. The zero-order valence-electron chi connectivity index (χ0n) is 16.6. The topological polar surface area (TPSA) is 47.9 Å². The molecule has 0 bridgehead atoms. The number of anilines is 1. The number of nitrogens with one attached hydrogen (secondary N) is 1. The minimum Gasteiger partial charge on any atom is -0.385 e. The van der Waals surface area contributed by atoms with Crippen molar-refractivity contribution in [3.8, 4) is 0 Å². The van der Waals surface area contributed by atoms with E-state index in [9.17, 15) is 5.11 Å². The lowest BCUT2D eigenvalue weighted by molar-refractivity contribution is -0.0258. The normalized spacial score (nSPS) is 19.9. The quantitative estimate of drug-likeness (QED) is 0.601. The average Bonchev–Trinajstić information content (AvgIpc) is 2.73. The number of hydrogen-bond donors (Lipinski definition) is 2. The van der Waals surface area contributed by atoms with Gasteiger partial charge in [-0.1, -0.05) is 41.9 Å². The minimum atomic E-state index is -0.722. The van der Waals surface area contributed by atoms with Crippen molar-refractivity contribution >= 4 is 40.0 Å². The zero-order valence-corrected chi connectivity index (χ0v) is 19.1. The zero-order chi connectivity index (χ0) is 19.4. The number of aliphatic hydroxyl groups is 1. The molecule has 0 aromatic heterocycles. The second-order valence-electron chi connectivity index (χ2n) is 7.78. The van der Waals surface area contributed by atoms with Crippen LogP contribution in [-0.2, 0) is 5.60 Å². The van der Waals surface area contributed by atoms with E-state index in [1.807, 2.05) is 24.3 Å². The Hall–Kier alpha value is -1.40. The molecule has 0 unspecified atom stereocenters. The van der Waals surface area contributed by atoms with Crippen molar-refractivity contribution < 1.29 is 5.11 Å². The molecule has 2 aromatic rings. The number of nitrogens with zero attached hydrogens (tertiary/aromatic N) is 2. The van der Waals surface area contributed by atoms with Gasteiger partial charge in [-0.2, -0.15) is 0 Å². The summed E-state index contributed by atoms with van der Waals surface area (Å²) in [4.78, 5) is 7.33. The van der Waals surface area contributed by atoms with E-state index in [-0.39, 0.29) is 17.0 Å². The molecule has 156 valence electrons. The van der Waals surface area contributed by atoms with Crippen LogP contribution in [-0.4, -0.2) is 48.4 Å². The summed E-state index contributed by atoms with van der Waals surface area (Å²) in [5.74, 6) is 0. The maximum absolute atomic E-state index is 11.0. The number of piperidine rings is 1. The lowest BCUT2D eigenvalue weighted by Gasteiger charge is -2.38. The van der Waals surface area contributed by atoms with Crippen LogP contribution in [0.4, 0.5) is 5.69 Å². The lowest BCUT2D eigenvalue weighted by atomic mass is 9.84. The van der Waals surface area contributed by atoms with Gasteiger partial charge in [-0.3, -0.25) is 4.99 Å². The maximum Gasteiger partial charge on any atom is 0.0920 e. The lowest BCUT2D eigenvalue weighted by Crippen LogP contribution is -2.43. The number of fused-ring (bicyclic) bond motifs is 1. The number of para-hydroxylation sites is 1. The molecular weight excluding hydrogens is 450 g/mol. The molecule has 4 nitrogen and oxygen atoms in total. The highest BCUT2D eigenvalue weighted by Crippen LogP contribution is 2.33. The van der Waals surface area contributed by atoms with E-state index in [0.717, 1.165) is 64.0 Å². The molecule has 0 saturated carbocycles. The molecule has 0 amide bonds. The first-order valence-corrected chi connectivity index (χ1v) is 10.6. The van der Waals surface area contributed by atoms with Crippen molar-refractivity contribution in [3.05, 3.63) is 64.7 Å². The van der Waals surface area contributed by atoms with Crippen molar-refractivity contribution in [2.75, 3.05) is 38.0 Å². The highest BCUT2D eigenvalue weighted by Gasteiger charge is 2.33. The largest absolute Gasteiger partial charge is 0.385 e. The van der Waals surface area contributed by atoms with Gasteiger partial charge < -0.3 is 15.3 Å². The van der Waals surface area contributed by atoms with E-state index in [1.165, 1.54) is 17.0 Å². The van der Waals surface area contributed by atoms with E-state index in [4.69, 9.17) is 16.6 Å². The summed E-state index contributed by atoms with van der Waals surface area (Å²) < 4.78 is 0. The monoisotopic (exact) mass is 477 g/mol. The molecule has 2 N–H and O–H groups in total. The van der Waals surface area contributed by atoms with Gasteiger partial charge in [-0.25, -0.2) is 0 Å². The van der Waals surface area contributed by atoms with Crippen LogP contribution in [0.1, 0.15) is 36.8 Å². The minimum absolute atomic E-state index is 0. The van der Waals surface area contributed by atoms with E-state index in [0.29, 0.717) is 5.02 Å². The first-order valence-electron chi connectivity index (χ1n) is 10.2. The molecule has 1 fully saturated rings. The molecule has 2 aliphatic heterocycles. The van der Waals surface area contributed by atoms with E-state index >= 15 is 0 Å². The molecule has 0 radical (unpaired) electrons. The smallest absolute Gasteiger partial charge is 0.0920 e. The Balaban J connectivity index is 0.00000240. The molecule has 6 heteroatoms. The van der Waals surface area contributed by atoms with Crippen LogP contribution in [0.25, 0.3) is 0 Å². The molecule has 2 aliphatic rings. The fourth-order valence-corrected chi connectivity index (χ4v) is 4.33. The SMILES string of the molecule is Br.OC1(c2ccc(Cl)cc2)CCN(CCCN=C2CCNc3ccccc32)CC1. The molecule has 2 aromatic carbocycles. The van der Waals surface area contributed by atoms with Crippen LogP contribution in [0.3, 0.4) is 0 Å². The molecule has 2 heterocycles. The Kier molecular flexibility index (Phi) is 7.74. The number of benzene rings is 2. The fourth-order valence-electron chi connectivity index (χ4n) is 4.21. The number of rotatable bonds is 5. The van der Waals surface area contributed by atoms with Crippen molar-refractivity contribution in [1.82, 2.24) is 4.90 Å². The molecule has 4 rings (SSSR count). The van der Waals surface area contributed by atoms with Gasteiger partial charge in [0.05, 0.1) is 5.60 Å². The van der Waals surface area contributed by atoms with Crippen LogP contribution in [0.5, 0.6) is 0 Å². The predicted octanol–water partition coefficient (Wildman–Crippen LogP) is 4.90. The van der Waals surface area contributed by atoms with Crippen molar-refractivity contribution in [3.63, 3.8) is 0 Å². The Bertz CT molecular complexity index is 832. The van der Waals surface area contributed by atoms with Gasteiger partial charge in [0, 0.05) is 54.6 Å². The first kappa shape index (κ1) is 22.3. The van der Waals surface area contributed by atoms with Crippen LogP contribution in [0, 0.1) is 0 Å². The Morgan fingerprint density at radius 1 is 1.07 bits per heavy atom. The summed E-state index contributed by atoms with van der Waals surface area (Å²) in [5, 5.41) is 15.1. The number of likely N-dealkylation sites (tertiary alicyclic amines) is 1. The molecule has 0 aliphatic carbocycles. The number of hydrogen-bond acceptors (Lipinski definition) is 4. The predicted molar refractivity (Wildman–Crippen MR) is 127 cm³/mol. The second kappa shape index (κ2) is 10.1. The summed E-state index contributed by atoms with van der Waals surface area (Å²) in [6, 6.07) is 16.0. The third-order valence-electron chi connectivity index (χ3n) is 5.92. The van der Waals surface area contributed by atoms with Crippen LogP contribution in [0.2, 0.25) is 5.02 Å². The number of aliphatic imine (C=N–C) groups is 1. The molecule has 0 spiro atoms. The van der Waals surface area contributed by atoms with Crippen molar-refractivity contribution in [1.29, 1.82) is 0 Å². The molecule has 29 heavy (non-hydrogen) atoms. The van der Waals surface area contributed by atoms with Gasteiger partial charge in [-0.05, 0) is 49.6 Å². The molecule has 0 atom stereocenters. The van der Waals surface area contributed by atoms with Gasteiger partial charge in [0.25, 0.3) is 0 Å². The average molecular weight is 479 g/mol. The van der Waals surface area contributed by atoms with Gasteiger partial charge in [0.1, 0.15) is 0 Å². The van der Waals surface area contributed by atoms with Crippen LogP contribution >= 0.6 is 28.6 Å². The summed E-state index contributed by atoms with van der Waals surface area (Å²) in [6.07, 6.45) is 3.58. The van der Waals surface area contributed by atoms with Crippen LogP contribution in [0.15, 0.2) is 53.5 Å². The standard InChI is InChI=1S/C23H28ClN3O.BrH/c24-19-8-6-18(7-9-19)23(28)11-16-27(17-12-23)15-3-13-25-22-10-14-26-21-5-2-1-4-20(21)22;/h1-2,4-9,26,28H,3,10-17H2;1H. The Labute approximate surface area is 188 Å². The van der Waals surface area contributed by atoms with E-state index in [1.54, 1.807) is 0 Å². The van der Waals surface area contributed by atoms with Gasteiger partial charge in [0.2, 0.25) is 0 Å². The third-order valence-corrected chi connectivity index (χ3v) is 6.17. The highest BCUT2D eigenvalue weighted by atomic mass is 79.9. The van der Waals surface area contributed by atoms with Gasteiger partial charge in [-0.15, -0.1) is 17.0 Å². The number of halogens is 2. The highest BCUT2D eigenvalue weighted by molar-refractivity contribution is 8.93. The summed E-state index contributed by atoms with van der Waals surface area (Å²) in [5.41, 5.74) is 3.93. The van der Waals surface area contributed by atoms with Crippen molar-refractivity contribution in [2.24, 2.45) is 4.99 Å². The third kappa shape index (κ3) is 5.40. The fraction of sp³-hybridized carbons (Fsp3) is 0.435. The summed E-state index contributed by atoms with van der Waals surface area (Å²) in [7, 11) is 0. The maximum atomic E-state index is 11.0. The summed E-state index contributed by atoms with van der Waals surface area (Å²) in [6.45, 7) is 4.70. The molecule has 1 saturated heterocycles. The Morgan fingerprint density at radius 2 is 1.79 bits per heavy atom. The van der Waals surface area contributed by atoms with Crippen molar-refractivity contribution in [2.45, 2.75) is 31.3 Å². The first-order chi connectivity index (χ1) is 13.6. The van der Waals surface area contributed by atoms with Crippen LogP contribution < -0.4 is 5.32 Å². The van der Waals surface area contributed by atoms with Gasteiger partial charge in [0.15, 0.2) is 0 Å². The summed E-state index contributed by atoms with van der Waals surface area (Å²) >= 11 is 5.97. The second-order valence-corrected chi connectivity index (χ2v) is 8.22. The van der Waals surface area contributed by atoms with E-state index in [2.05, 4.69) is 34.5 Å². The van der Waals surface area contributed by atoms with Gasteiger partial charge >= 0.3 is 0 Å².